The first-order chi connectivity index (χ1) is 13.7. The maximum atomic E-state index is 5.82. The van der Waals surface area contributed by atoms with E-state index in [0.29, 0.717) is 16.9 Å². The van der Waals surface area contributed by atoms with Crippen LogP contribution in [0.2, 0.25) is 0 Å². The molecule has 0 N–H and O–H groups in total. The third-order valence-corrected chi connectivity index (χ3v) is 5.85. The first kappa shape index (κ1) is 18.7. The fourth-order valence-electron chi connectivity index (χ4n) is 2.58. The molecule has 0 aliphatic heterocycles. The fourth-order valence-corrected chi connectivity index (χ4v) is 4.18. The average Bonchev–Trinajstić information content (AvgIpc) is 3.37. The van der Waals surface area contributed by atoms with Crippen molar-refractivity contribution in [1.82, 2.24) is 15.2 Å². The summed E-state index contributed by atoms with van der Waals surface area (Å²) in [4.78, 5) is 4.68. The van der Waals surface area contributed by atoms with Crippen molar-refractivity contribution in [3.63, 3.8) is 0 Å². The van der Waals surface area contributed by atoms with E-state index in [2.05, 4.69) is 38.8 Å². The van der Waals surface area contributed by atoms with E-state index in [1.807, 2.05) is 44.2 Å². The average molecular weight is 410 g/mol. The Morgan fingerprint density at radius 3 is 2.79 bits per heavy atom. The van der Waals surface area contributed by atoms with Crippen molar-refractivity contribution in [3.05, 3.63) is 76.6 Å². The molecule has 4 rings (SSSR count). The molecule has 0 bridgehead atoms. The Bertz CT molecular complexity index is 1060. The molecule has 2 aromatic carbocycles. The van der Waals surface area contributed by atoms with Crippen LogP contribution in [-0.2, 0) is 12.4 Å². The molecule has 5 nitrogen and oxygen atoms in total. The van der Waals surface area contributed by atoms with Gasteiger partial charge in [0.25, 0.3) is 11.1 Å². The number of rotatable bonds is 7. The fraction of sp³-hybridized carbons (Fsp3) is 0.190. The third-order valence-electron chi connectivity index (χ3n) is 4.06. The van der Waals surface area contributed by atoms with Gasteiger partial charge in [-0.05, 0) is 31.0 Å². The number of hydrogen-bond donors (Lipinski definition) is 0. The smallest absolute Gasteiger partial charge is 0.277 e. The van der Waals surface area contributed by atoms with Crippen molar-refractivity contribution < 1.29 is 9.15 Å². The second kappa shape index (κ2) is 8.58. The van der Waals surface area contributed by atoms with Gasteiger partial charge in [-0.15, -0.1) is 21.5 Å². The lowest BCUT2D eigenvalue weighted by atomic mass is 10.1. The lowest BCUT2D eigenvalue weighted by Gasteiger charge is -2.07. The molecule has 2 heterocycles. The second-order valence-electron chi connectivity index (χ2n) is 6.32. The number of ether oxygens (including phenoxy) is 1. The van der Waals surface area contributed by atoms with Gasteiger partial charge in [0.05, 0.1) is 5.69 Å². The van der Waals surface area contributed by atoms with Gasteiger partial charge in [0, 0.05) is 16.7 Å². The standard InChI is InChI=1S/C21H19N3O2S2/c1-14-8-9-15(2)18(10-14)25-11-19-23-24-21(26-19)28-13-17-12-27-20(22-17)16-6-4-3-5-7-16/h3-10,12H,11,13H2,1-2H3. The highest BCUT2D eigenvalue weighted by atomic mass is 32.2. The molecule has 0 aliphatic rings. The SMILES string of the molecule is Cc1ccc(C)c(OCc2nnc(SCc3csc(-c4ccccc4)n3)o2)c1. The van der Waals surface area contributed by atoms with Crippen molar-refractivity contribution in [2.45, 2.75) is 31.4 Å². The molecule has 4 aromatic rings. The molecule has 0 saturated heterocycles. The molecule has 0 aliphatic carbocycles. The molecule has 0 radical (unpaired) electrons. The lowest BCUT2D eigenvalue weighted by molar-refractivity contribution is 0.250. The van der Waals surface area contributed by atoms with Crippen LogP contribution in [0.4, 0.5) is 0 Å². The topological polar surface area (TPSA) is 61.0 Å². The number of thiazole rings is 1. The van der Waals surface area contributed by atoms with E-state index in [-0.39, 0.29) is 6.61 Å². The van der Waals surface area contributed by atoms with Crippen LogP contribution in [0.5, 0.6) is 5.75 Å². The first-order valence-electron chi connectivity index (χ1n) is 8.82. The number of nitrogens with zero attached hydrogens (tertiary/aromatic N) is 3. The van der Waals surface area contributed by atoms with Gasteiger partial charge in [0.15, 0.2) is 6.61 Å². The monoisotopic (exact) mass is 409 g/mol. The normalized spacial score (nSPS) is 10.9. The quantitative estimate of drug-likeness (QED) is 0.366. The maximum Gasteiger partial charge on any atom is 0.277 e. The number of hydrogen-bond acceptors (Lipinski definition) is 7. The maximum absolute atomic E-state index is 5.82. The molecule has 0 spiro atoms. The minimum atomic E-state index is 0.257. The van der Waals surface area contributed by atoms with Crippen LogP contribution in [-0.4, -0.2) is 15.2 Å². The number of aryl methyl sites for hydroxylation is 2. The Morgan fingerprint density at radius 2 is 1.93 bits per heavy atom. The summed E-state index contributed by atoms with van der Waals surface area (Å²) in [5.41, 5.74) is 4.37. The van der Waals surface area contributed by atoms with Crippen LogP contribution < -0.4 is 4.74 Å². The molecule has 7 heteroatoms. The van der Waals surface area contributed by atoms with E-state index in [9.17, 15) is 0 Å². The van der Waals surface area contributed by atoms with E-state index in [1.165, 1.54) is 11.8 Å². The first-order valence-corrected chi connectivity index (χ1v) is 10.7. The minimum Gasteiger partial charge on any atom is -0.484 e. The summed E-state index contributed by atoms with van der Waals surface area (Å²) >= 11 is 3.12. The van der Waals surface area contributed by atoms with Gasteiger partial charge < -0.3 is 9.15 Å². The summed E-state index contributed by atoms with van der Waals surface area (Å²) in [6.45, 7) is 4.31. The lowest BCUT2D eigenvalue weighted by Crippen LogP contribution is -1.97. The van der Waals surface area contributed by atoms with Crippen LogP contribution in [0.15, 0.2) is 63.6 Å². The van der Waals surface area contributed by atoms with E-state index in [1.54, 1.807) is 11.3 Å². The van der Waals surface area contributed by atoms with Crippen LogP contribution in [0.25, 0.3) is 10.6 Å². The Kier molecular flexibility index (Phi) is 5.73. The summed E-state index contributed by atoms with van der Waals surface area (Å²) in [7, 11) is 0. The van der Waals surface area contributed by atoms with E-state index < -0.39 is 0 Å². The van der Waals surface area contributed by atoms with Gasteiger partial charge >= 0.3 is 0 Å². The van der Waals surface area contributed by atoms with E-state index >= 15 is 0 Å². The zero-order chi connectivity index (χ0) is 19.3. The molecule has 0 saturated carbocycles. The number of aromatic nitrogens is 3. The highest BCUT2D eigenvalue weighted by molar-refractivity contribution is 7.98. The van der Waals surface area contributed by atoms with E-state index in [4.69, 9.17) is 9.15 Å². The Labute approximate surface area is 171 Å². The molecule has 28 heavy (non-hydrogen) atoms. The van der Waals surface area contributed by atoms with Crippen molar-refractivity contribution in [2.75, 3.05) is 0 Å². The summed E-state index contributed by atoms with van der Waals surface area (Å²) < 4.78 is 11.5. The Morgan fingerprint density at radius 1 is 1.07 bits per heavy atom. The van der Waals surface area contributed by atoms with Crippen LogP contribution in [0.1, 0.15) is 22.7 Å². The van der Waals surface area contributed by atoms with Crippen molar-refractivity contribution in [1.29, 1.82) is 0 Å². The summed E-state index contributed by atoms with van der Waals surface area (Å²) in [5.74, 6) is 1.98. The van der Waals surface area contributed by atoms with Crippen molar-refractivity contribution >= 4 is 23.1 Å². The molecule has 0 fully saturated rings. The third kappa shape index (κ3) is 4.61. The number of benzene rings is 2. The predicted octanol–water partition coefficient (Wildman–Crippen LogP) is 5.68. The largest absolute Gasteiger partial charge is 0.484 e. The van der Waals surface area contributed by atoms with Gasteiger partial charge in [0.1, 0.15) is 10.8 Å². The second-order valence-corrected chi connectivity index (χ2v) is 8.10. The molecule has 0 amide bonds. The summed E-state index contributed by atoms with van der Waals surface area (Å²) in [5, 5.41) is 11.8. The zero-order valence-electron chi connectivity index (χ0n) is 15.6. The molecular weight excluding hydrogens is 390 g/mol. The van der Waals surface area contributed by atoms with Crippen molar-refractivity contribution in [2.24, 2.45) is 0 Å². The highest BCUT2D eigenvalue weighted by Gasteiger charge is 2.11. The molecule has 0 atom stereocenters. The minimum absolute atomic E-state index is 0.257. The van der Waals surface area contributed by atoms with Crippen LogP contribution >= 0.6 is 23.1 Å². The number of thioether (sulfide) groups is 1. The summed E-state index contributed by atoms with van der Waals surface area (Å²) in [6, 6.07) is 16.3. The summed E-state index contributed by atoms with van der Waals surface area (Å²) in [6.07, 6.45) is 0. The van der Waals surface area contributed by atoms with Gasteiger partial charge in [-0.25, -0.2) is 4.98 Å². The van der Waals surface area contributed by atoms with Gasteiger partial charge in [-0.1, -0.05) is 54.2 Å². The molecule has 0 unspecified atom stereocenters. The van der Waals surface area contributed by atoms with Gasteiger partial charge in [-0.2, -0.15) is 0 Å². The Hall–Kier alpha value is -2.64. The van der Waals surface area contributed by atoms with Crippen LogP contribution in [0.3, 0.4) is 0 Å². The molecule has 2 aromatic heterocycles. The van der Waals surface area contributed by atoms with E-state index in [0.717, 1.165) is 33.1 Å². The highest BCUT2D eigenvalue weighted by Crippen LogP contribution is 2.27. The molecular formula is C21H19N3O2S2. The van der Waals surface area contributed by atoms with Crippen LogP contribution in [0, 0.1) is 13.8 Å². The molecule has 142 valence electrons. The Balaban J connectivity index is 1.33. The zero-order valence-corrected chi connectivity index (χ0v) is 17.2. The predicted molar refractivity (Wildman–Crippen MR) is 112 cm³/mol. The van der Waals surface area contributed by atoms with Crippen molar-refractivity contribution in [3.8, 4) is 16.3 Å². The van der Waals surface area contributed by atoms with Gasteiger partial charge in [0.2, 0.25) is 0 Å². The van der Waals surface area contributed by atoms with Gasteiger partial charge in [-0.3, -0.25) is 0 Å².